The number of carbonyl (C=O) groups is 1. The van der Waals surface area contributed by atoms with Gasteiger partial charge in [-0.15, -0.1) is 0 Å². The van der Waals surface area contributed by atoms with Gasteiger partial charge in [0.15, 0.2) is 0 Å². The molecule has 3 nitrogen and oxygen atoms in total. The van der Waals surface area contributed by atoms with Gasteiger partial charge in [0.25, 0.3) is 0 Å². The molecule has 0 bridgehead atoms. The van der Waals surface area contributed by atoms with Gasteiger partial charge in [0.1, 0.15) is 0 Å². The molecular weight excluding hydrogens is 216 g/mol. The summed E-state index contributed by atoms with van der Waals surface area (Å²) < 4.78 is 9.81. The number of ether oxygens (including phenoxy) is 2. The quantitative estimate of drug-likeness (QED) is 0.744. The molecule has 0 N–H and O–H groups in total. The minimum absolute atomic E-state index is 0.357. The van der Waals surface area contributed by atoms with Crippen LogP contribution in [0.15, 0.2) is 18.2 Å². The third kappa shape index (κ3) is 3.22. The van der Waals surface area contributed by atoms with Crippen molar-refractivity contribution in [2.75, 3.05) is 13.7 Å². The largest absolute Gasteiger partial charge is 0.462 e. The van der Waals surface area contributed by atoms with E-state index in [2.05, 4.69) is 0 Å². The van der Waals surface area contributed by atoms with Crippen LogP contribution in [0.2, 0.25) is 5.02 Å². The topological polar surface area (TPSA) is 35.5 Å². The fourth-order valence-electron chi connectivity index (χ4n) is 1.16. The zero-order valence-corrected chi connectivity index (χ0v) is 9.50. The van der Waals surface area contributed by atoms with Crippen LogP contribution in [0.1, 0.15) is 22.8 Å². The molecule has 0 aromatic heterocycles. The Morgan fingerprint density at radius 2 is 2.20 bits per heavy atom. The van der Waals surface area contributed by atoms with Crippen molar-refractivity contribution in [3.8, 4) is 0 Å². The van der Waals surface area contributed by atoms with E-state index < -0.39 is 0 Å². The summed E-state index contributed by atoms with van der Waals surface area (Å²) in [5, 5.41) is 0.516. The summed E-state index contributed by atoms with van der Waals surface area (Å²) in [4.78, 5) is 11.4. The van der Waals surface area contributed by atoms with Gasteiger partial charge in [-0.25, -0.2) is 4.79 Å². The van der Waals surface area contributed by atoms with Gasteiger partial charge in [-0.1, -0.05) is 17.7 Å². The van der Waals surface area contributed by atoms with Crippen LogP contribution in [0, 0.1) is 0 Å². The minimum Gasteiger partial charge on any atom is -0.462 e. The molecule has 1 aromatic rings. The molecule has 0 fully saturated rings. The van der Waals surface area contributed by atoms with Crippen molar-refractivity contribution in [3.63, 3.8) is 0 Å². The fourth-order valence-corrected chi connectivity index (χ4v) is 1.40. The fraction of sp³-hybridized carbons (Fsp3) is 0.364. The van der Waals surface area contributed by atoms with Crippen LogP contribution < -0.4 is 0 Å². The highest BCUT2D eigenvalue weighted by atomic mass is 35.5. The Balaban J connectivity index is 2.86. The first-order valence-electron chi connectivity index (χ1n) is 4.63. The van der Waals surface area contributed by atoms with Crippen molar-refractivity contribution < 1.29 is 14.3 Å². The average Bonchev–Trinajstić information content (AvgIpc) is 2.21. The van der Waals surface area contributed by atoms with Gasteiger partial charge in [-0.3, -0.25) is 0 Å². The van der Waals surface area contributed by atoms with Crippen molar-refractivity contribution in [2.45, 2.75) is 13.5 Å². The van der Waals surface area contributed by atoms with Crippen LogP contribution in [0.3, 0.4) is 0 Å². The number of rotatable bonds is 4. The van der Waals surface area contributed by atoms with Gasteiger partial charge in [0, 0.05) is 12.1 Å². The lowest BCUT2D eigenvalue weighted by Gasteiger charge is -2.05. The predicted molar refractivity (Wildman–Crippen MR) is 58.1 cm³/mol. The summed E-state index contributed by atoms with van der Waals surface area (Å²) in [6.45, 7) is 2.55. The normalized spacial score (nSPS) is 10.1. The second-order valence-corrected chi connectivity index (χ2v) is 3.37. The molecule has 0 aliphatic rings. The molecule has 1 rings (SSSR count). The van der Waals surface area contributed by atoms with E-state index in [1.54, 1.807) is 32.2 Å². The Bertz CT molecular complexity index is 350. The number of halogens is 1. The summed E-state index contributed by atoms with van der Waals surface area (Å²) >= 11 is 5.96. The van der Waals surface area contributed by atoms with Gasteiger partial charge in [-0.05, 0) is 24.6 Å². The molecule has 1 aromatic carbocycles. The van der Waals surface area contributed by atoms with Gasteiger partial charge in [0.05, 0.1) is 18.8 Å². The standard InChI is InChI=1S/C11H13ClO3/c1-3-15-11(13)8-4-5-9(7-14-2)10(12)6-8/h4-6H,3,7H2,1-2H3. The Morgan fingerprint density at radius 1 is 1.47 bits per heavy atom. The molecule has 82 valence electrons. The van der Waals surface area contributed by atoms with E-state index in [1.807, 2.05) is 0 Å². The van der Waals surface area contributed by atoms with E-state index in [0.29, 0.717) is 23.8 Å². The SMILES string of the molecule is CCOC(=O)c1ccc(COC)c(Cl)c1. The van der Waals surface area contributed by atoms with E-state index in [1.165, 1.54) is 0 Å². The highest BCUT2D eigenvalue weighted by Crippen LogP contribution is 2.19. The number of esters is 1. The minimum atomic E-state index is -0.358. The van der Waals surface area contributed by atoms with E-state index in [9.17, 15) is 4.79 Å². The van der Waals surface area contributed by atoms with Crippen LogP contribution in [0.25, 0.3) is 0 Å². The first kappa shape index (κ1) is 12.0. The summed E-state index contributed by atoms with van der Waals surface area (Å²) in [7, 11) is 1.59. The van der Waals surface area contributed by atoms with Gasteiger partial charge < -0.3 is 9.47 Å². The number of methoxy groups -OCH3 is 1. The Hall–Kier alpha value is -1.06. The molecule has 0 radical (unpaired) electrons. The Kier molecular flexibility index (Phi) is 4.59. The molecule has 0 unspecified atom stereocenters. The summed E-state index contributed by atoms with van der Waals surface area (Å²) in [5.41, 5.74) is 1.31. The first-order chi connectivity index (χ1) is 7.19. The van der Waals surface area contributed by atoms with Gasteiger partial charge in [-0.2, -0.15) is 0 Å². The molecule has 0 aliphatic carbocycles. The van der Waals surface area contributed by atoms with Crippen molar-refractivity contribution >= 4 is 17.6 Å². The van der Waals surface area contributed by atoms with Crippen molar-refractivity contribution in [3.05, 3.63) is 34.3 Å². The highest BCUT2D eigenvalue weighted by Gasteiger charge is 2.08. The molecule has 0 saturated heterocycles. The lowest BCUT2D eigenvalue weighted by atomic mass is 10.1. The van der Waals surface area contributed by atoms with Gasteiger partial charge >= 0.3 is 5.97 Å². The molecule has 4 heteroatoms. The summed E-state index contributed by atoms with van der Waals surface area (Å²) in [5.74, 6) is -0.358. The first-order valence-corrected chi connectivity index (χ1v) is 5.01. The highest BCUT2D eigenvalue weighted by molar-refractivity contribution is 6.31. The van der Waals surface area contributed by atoms with Crippen LogP contribution >= 0.6 is 11.6 Å². The van der Waals surface area contributed by atoms with Crippen molar-refractivity contribution in [1.82, 2.24) is 0 Å². The van der Waals surface area contributed by atoms with Gasteiger partial charge in [0.2, 0.25) is 0 Å². The number of benzene rings is 1. The molecule has 0 amide bonds. The Labute approximate surface area is 93.9 Å². The molecule has 0 heterocycles. The monoisotopic (exact) mass is 228 g/mol. The van der Waals surface area contributed by atoms with Crippen LogP contribution in [0.5, 0.6) is 0 Å². The van der Waals surface area contributed by atoms with Crippen LogP contribution in [-0.4, -0.2) is 19.7 Å². The predicted octanol–water partition coefficient (Wildman–Crippen LogP) is 2.66. The second kappa shape index (κ2) is 5.73. The van der Waals surface area contributed by atoms with E-state index in [-0.39, 0.29) is 5.97 Å². The Morgan fingerprint density at radius 3 is 2.73 bits per heavy atom. The maximum Gasteiger partial charge on any atom is 0.338 e. The van der Waals surface area contributed by atoms with Crippen molar-refractivity contribution in [2.24, 2.45) is 0 Å². The van der Waals surface area contributed by atoms with Crippen LogP contribution in [-0.2, 0) is 16.1 Å². The average molecular weight is 229 g/mol. The van der Waals surface area contributed by atoms with Crippen molar-refractivity contribution in [1.29, 1.82) is 0 Å². The third-order valence-corrected chi connectivity index (χ3v) is 2.22. The molecule has 0 atom stereocenters. The van der Waals surface area contributed by atoms with Crippen LogP contribution in [0.4, 0.5) is 0 Å². The molecule has 0 spiro atoms. The zero-order valence-electron chi connectivity index (χ0n) is 8.75. The zero-order chi connectivity index (χ0) is 11.3. The molecule has 0 aliphatic heterocycles. The third-order valence-electron chi connectivity index (χ3n) is 1.86. The van der Waals surface area contributed by atoms with E-state index in [0.717, 1.165) is 5.56 Å². The smallest absolute Gasteiger partial charge is 0.338 e. The maximum atomic E-state index is 11.4. The summed E-state index contributed by atoms with van der Waals surface area (Å²) in [6.07, 6.45) is 0. The second-order valence-electron chi connectivity index (χ2n) is 2.96. The number of carbonyl (C=O) groups excluding carboxylic acids is 1. The molecule has 0 saturated carbocycles. The molecule has 15 heavy (non-hydrogen) atoms. The molecular formula is C11H13ClO3. The maximum absolute atomic E-state index is 11.4. The number of hydrogen-bond acceptors (Lipinski definition) is 3. The summed E-state index contributed by atoms with van der Waals surface area (Å²) in [6, 6.07) is 5.03. The van der Waals surface area contributed by atoms with E-state index >= 15 is 0 Å². The lowest BCUT2D eigenvalue weighted by Crippen LogP contribution is -2.05. The van der Waals surface area contributed by atoms with E-state index in [4.69, 9.17) is 21.1 Å². The number of hydrogen-bond donors (Lipinski definition) is 0. The lowest BCUT2D eigenvalue weighted by molar-refractivity contribution is 0.0526.